The van der Waals surface area contributed by atoms with Crippen LogP contribution in [-0.4, -0.2) is 49.8 Å². The first kappa shape index (κ1) is 12.2. The Morgan fingerprint density at radius 3 is 2.71 bits per heavy atom. The quantitative estimate of drug-likeness (QED) is 0.563. The van der Waals surface area contributed by atoms with E-state index in [1.807, 2.05) is 0 Å². The third kappa shape index (κ3) is 2.09. The molecule has 4 atom stereocenters. The number of ether oxygens (including phenoxy) is 1. The highest BCUT2D eigenvalue weighted by molar-refractivity contribution is 4.98. The Bertz CT molecular complexity index is 460. The normalized spacial score (nSPS) is 32.9. The lowest BCUT2D eigenvalue weighted by atomic mass is 10.1. The van der Waals surface area contributed by atoms with Gasteiger partial charge in [0.2, 0.25) is 0 Å². The summed E-state index contributed by atoms with van der Waals surface area (Å²) < 4.78 is 6.31. The fraction of sp³-hybridized carbons (Fsp3) is 0.600. The lowest BCUT2D eigenvalue weighted by molar-refractivity contribution is -0.0550. The van der Waals surface area contributed by atoms with Crippen molar-refractivity contribution >= 4 is 0 Å². The lowest BCUT2D eigenvalue weighted by Crippen LogP contribution is -2.36. The van der Waals surface area contributed by atoms with Crippen LogP contribution >= 0.6 is 0 Å². The third-order valence-electron chi connectivity index (χ3n) is 2.76. The van der Waals surface area contributed by atoms with Crippen molar-refractivity contribution in [2.45, 2.75) is 31.5 Å². The van der Waals surface area contributed by atoms with E-state index >= 15 is 0 Å². The van der Waals surface area contributed by atoms with Crippen LogP contribution in [0.4, 0.5) is 0 Å². The molecule has 3 unspecified atom stereocenters. The Kier molecular flexibility index (Phi) is 3.25. The monoisotopic (exact) mass is 242 g/mol. The molecular formula is C10H14N2O5. The van der Waals surface area contributed by atoms with Crippen LogP contribution in [0, 0.1) is 6.92 Å². The molecule has 1 fully saturated rings. The van der Waals surface area contributed by atoms with Gasteiger partial charge in [-0.3, -0.25) is 4.57 Å². The Morgan fingerprint density at radius 2 is 2.18 bits per heavy atom. The number of hydrogen-bond donors (Lipinski definition) is 3. The SMILES string of the molecule is Cc1ccn(C2O[C@H](CO)C(O)C2O)c(=O)n1. The first-order chi connectivity index (χ1) is 8.04. The van der Waals surface area contributed by atoms with Gasteiger partial charge in [0.15, 0.2) is 6.23 Å². The van der Waals surface area contributed by atoms with E-state index in [0.717, 1.165) is 4.57 Å². The highest BCUT2D eigenvalue weighted by Crippen LogP contribution is 2.27. The fourth-order valence-corrected chi connectivity index (χ4v) is 1.80. The topological polar surface area (TPSA) is 105 Å². The van der Waals surface area contributed by atoms with Gasteiger partial charge in [-0.25, -0.2) is 4.79 Å². The van der Waals surface area contributed by atoms with E-state index in [9.17, 15) is 15.0 Å². The van der Waals surface area contributed by atoms with Crippen LogP contribution in [0.3, 0.4) is 0 Å². The van der Waals surface area contributed by atoms with Crippen LogP contribution < -0.4 is 5.69 Å². The Balaban J connectivity index is 2.32. The molecule has 1 aromatic rings. The standard InChI is InChI=1S/C10H14N2O5/c1-5-2-3-12(10(16)11-5)9-8(15)7(14)6(4-13)17-9/h2-3,6-9,13-15H,4H2,1H3/t6-,7?,8?,9?/m1/s1. The summed E-state index contributed by atoms with van der Waals surface area (Å²) in [5, 5.41) is 28.2. The smallest absolute Gasteiger partial charge is 0.349 e. The maximum atomic E-state index is 11.6. The first-order valence-electron chi connectivity index (χ1n) is 5.23. The van der Waals surface area contributed by atoms with Crippen LogP contribution in [0.15, 0.2) is 17.1 Å². The molecule has 0 amide bonds. The maximum absolute atomic E-state index is 11.6. The number of rotatable bonds is 2. The molecule has 0 aliphatic carbocycles. The molecule has 17 heavy (non-hydrogen) atoms. The summed E-state index contributed by atoms with van der Waals surface area (Å²) in [6, 6.07) is 1.59. The zero-order valence-corrected chi connectivity index (χ0v) is 9.22. The average molecular weight is 242 g/mol. The molecule has 1 saturated heterocycles. The van der Waals surface area contributed by atoms with E-state index in [1.165, 1.54) is 6.20 Å². The van der Waals surface area contributed by atoms with Crippen molar-refractivity contribution in [2.75, 3.05) is 6.61 Å². The van der Waals surface area contributed by atoms with Gasteiger partial charge in [0.25, 0.3) is 0 Å². The molecule has 94 valence electrons. The third-order valence-corrected chi connectivity index (χ3v) is 2.76. The second kappa shape index (κ2) is 4.53. The number of nitrogens with zero attached hydrogens (tertiary/aromatic N) is 2. The molecule has 0 radical (unpaired) electrons. The number of aryl methyl sites for hydroxylation is 1. The molecule has 1 aliphatic heterocycles. The Morgan fingerprint density at radius 1 is 1.47 bits per heavy atom. The predicted molar refractivity (Wildman–Crippen MR) is 56.2 cm³/mol. The molecule has 0 bridgehead atoms. The molecule has 2 rings (SSSR count). The van der Waals surface area contributed by atoms with Crippen LogP contribution in [0.25, 0.3) is 0 Å². The van der Waals surface area contributed by atoms with E-state index in [4.69, 9.17) is 9.84 Å². The molecule has 1 aliphatic rings. The van der Waals surface area contributed by atoms with Gasteiger partial charge in [0.05, 0.1) is 6.61 Å². The largest absolute Gasteiger partial charge is 0.394 e. The van der Waals surface area contributed by atoms with Crippen molar-refractivity contribution in [1.82, 2.24) is 9.55 Å². The molecule has 0 spiro atoms. The minimum absolute atomic E-state index is 0.428. The Hall–Kier alpha value is -1.28. The van der Waals surface area contributed by atoms with Crippen molar-refractivity contribution in [2.24, 2.45) is 0 Å². The van der Waals surface area contributed by atoms with E-state index in [2.05, 4.69) is 4.98 Å². The van der Waals surface area contributed by atoms with Gasteiger partial charge in [-0.15, -0.1) is 0 Å². The van der Waals surface area contributed by atoms with E-state index < -0.39 is 36.8 Å². The summed E-state index contributed by atoms with van der Waals surface area (Å²) in [5.74, 6) is 0. The van der Waals surface area contributed by atoms with Gasteiger partial charge in [0, 0.05) is 11.9 Å². The van der Waals surface area contributed by atoms with Crippen LogP contribution in [0.1, 0.15) is 11.9 Å². The molecular weight excluding hydrogens is 228 g/mol. The molecule has 3 N–H and O–H groups in total. The summed E-state index contributed by atoms with van der Waals surface area (Å²) in [5.41, 5.74) is -0.0159. The summed E-state index contributed by atoms with van der Waals surface area (Å²) in [6.45, 7) is 1.24. The zero-order chi connectivity index (χ0) is 12.6. The number of aliphatic hydroxyl groups is 3. The molecule has 7 heteroatoms. The van der Waals surface area contributed by atoms with Crippen molar-refractivity contribution < 1.29 is 20.1 Å². The van der Waals surface area contributed by atoms with Gasteiger partial charge < -0.3 is 20.1 Å². The maximum Gasteiger partial charge on any atom is 0.349 e. The summed E-state index contributed by atoms with van der Waals surface area (Å²) in [4.78, 5) is 15.3. The number of aromatic nitrogens is 2. The lowest BCUT2D eigenvalue weighted by Gasteiger charge is -2.16. The van der Waals surface area contributed by atoms with Crippen molar-refractivity contribution in [3.05, 3.63) is 28.4 Å². The van der Waals surface area contributed by atoms with Gasteiger partial charge >= 0.3 is 5.69 Å². The Labute approximate surface area is 96.9 Å². The highest BCUT2D eigenvalue weighted by atomic mass is 16.6. The van der Waals surface area contributed by atoms with Crippen molar-refractivity contribution in [3.8, 4) is 0 Å². The predicted octanol–water partition coefficient (Wildman–Crippen LogP) is -1.84. The minimum atomic E-state index is -1.27. The summed E-state index contributed by atoms with van der Waals surface area (Å²) >= 11 is 0. The van der Waals surface area contributed by atoms with Gasteiger partial charge in [-0.05, 0) is 13.0 Å². The second-order valence-corrected chi connectivity index (χ2v) is 3.99. The van der Waals surface area contributed by atoms with E-state index in [0.29, 0.717) is 5.69 Å². The van der Waals surface area contributed by atoms with Crippen molar-refractivity contribution in [3.63, 3.8) is 0 Å². The van der Waals surface area contributed by atoms with Crippen LogP contribution in [-0.2, 0) is 4.74 Å². The van der Waals surface area contributed by atoms with Crippen LogP contribution in [0.5, 0.6) is 0 Å². The molecule has 0 aromatic carbocycles. The second-order valence-electron chi connectivity index (χ2n) is 3.99. The number of hydrogen-bond acceptors (Lipinski definition) is 6. The van der Waals surface area contributed by atoms with Gasteiger partial charge in [0.1, 0.15) is 18.3 Å². The van der Waals surface area contributed by atoms with E-state index in [-0.39, 0.29) is 0 Å². The first-order valence-corrected chi connectivity index (χ1v) is 5.23. The van der Waals surface area contributed by atoms with Crippen LogP contribution in [0.2, 0.25) is 0 Å². The van der Waals surface area contributed by atoms with Gasteiger partial charge in [-0.2, -0.15) is 4.98 Å². The summed E-state index contributed by atoms with van der Waals surface area (Å²) in [6.07, 6.45) is -2.98. The zero-order valence-electron chi connectivity index (χ0n) is 9.22. The molecule has 2 heterocycles. The van der Waals surface area contributed by atoms with E-state index in [1.54, 1.807) is 13.0 Å². The molecule has 0 saturated carbocycles. The summed E-state index contributed by atoms with van der Waals surface area (Å²) in [7, 11) is 0. The fourth-order valence-electron chi connectivity index (χ4n) is 1.80. The molecule has 1 aromatic heterocycles. The van der Waals surface area contributed by atoms with Gasteiger partial charge in [-0.1, -0.05) is 0 Å². The van der Waals surface area contributed by atoms with Crippen molar-refractivity contribution in [1.29, 1.82) is 0 Å². The highest BCUT2D eigenvalue weighted by Gasteiger charge is 2.43. The minimum Gasteiger partial charge on any atom is -0.394 e. The number of aliphatic hydroxyl groups excluding tert-OH is 3. The average Bonchev–Trinajstić information content (AvgIpc) is 2.57. The molecule has 7 nitrogen and oxygen atoms in total.